The van der Waals surface area contributed by atoms with Gasteiger partial charge in [0.1, 0.15) is 11.8 Å². The summed E-state index contributed by atoms with van der Waals surface area (Å²) in [6.07, 6.45) is 2.19. The van der Waals surface area contributed by atoms with E-state index >= 15 is 0 Å². The molecule has 0 saturated heterocycles. The van der Waals surface area contributed by atoms with Gasteiger partial charge < -0.3 is 15.0 Å². The highest BCUT2D eigenvalue weighted by molar-refractivity contribution is 6.31. The van der Waals surface area contributed by atoms with Crippen LogP contribution in [0.2, 0.25) is 5.02 Å². The number of hydrogen-bond donors (Lipinski definition) is 1. The minimum Gasteiger partial charge on any atom is -0.497 e. The number of halogens is 1. The van der Waals surface area contributed by atoms with Crippen molar-refractivity contribution < 1.29 is 14.3 Å². The van der Waals surface area contributed by atoms with Gasteiger partial charge in [-0.3, -0.25) is 9.59 Å². The quantitative estimate of drug-likeness (QED) is 0.530. The second kappa shape index (κ2) is 12.4. The molecule has 2 aromatic carbocycles. The normalized spacial score (nSPS) is 12.7. The van der Waals surface area contributed by atoms with Crippen molar-refractivity contribution in [2.45, 2.75) is 65.1 Å². The van der Waals surface area contributed by atoms with E-state index in [1.54, 1.807) is 12.0 Å². The van der Waals surface area contributed by atoms with E-state index in [0.717, 1.165) is 23.3 Å². The van der Waals surface area contributed by atoms with E-state index in [-0.39, 0.29) is 24.3 Å². The average molecular weight is 445 g/mol. The number of hydrogen-bond acceptors (Lipinski definition) is 3. The molecule has 2 rings (SSSR count). The largest absolute Gasteiger partial charge is 0.497 e. The molecule has 0 aliphatic heterocycles. The maximum atomic E-state index is 13.3. The van der Waals surface area contributed by atoms with Crippen molar-refractivity contribution >= 4 is 23.4 Å². The van der Waals surface area contributed by atoms with Crippen LogP contribution in [0.25, 0.3) is 0 Å². The SMILES string of the molecule is CC[C@@H](C)NC(=O)[C@@H](CC)N(Cc1ccc(OC)cc1)C(=O)CCc1ccccc1Cl. The monoisotopic (exact) mass is 444 g/mol. The smallest absolute Gasteiger partial charge is 0.243 e. The van der Waals surface area contributed by atoms with Gasteiger partial charge in [-0.05, 0) is 55.5 Å². The summed E-state index contributed by atoms with van der Waals surface area (Å²) in [5.41, 5.74) is 1.88. The molecule has 168 valence electrons. The third-order valence-electron chi connectivity index (χ3n) is 5.46. The molecule has 0 bridgehead atoms. The van der Waals surface area contributed by atoms with E-state index in [1.807, 2.05) is 69.3 Å². The molecule has 5 nitrogen and oxygen atoms in total. The maximum Gasteiger partial charge on any atom is 0.243 e. The van der Waals surface area contributed by atoms with Gasteiger partial charge in [-0.15, -0.1) is 0 Å². The van der Waals surface area contributed by atoms with Crippen molar-refractivity contribution in [3.63, 3.8) is 0 Å². The van der Waals surface area contributed by atoms with Crippen molar-refractivity contribution in [3.8, 4) is 5.75 Å². The van der Waals surface area contributed by atoms with Crippen molar-refractivity contribution in [1.29, 1.82) is 0 Å². The average Bonchev–Trinajstić information content (AvgIpc) is 2.78. The number of rotatable bonds is 11. The molecule has 2 amide bonds. The van der Waals surface area contributed by atoms with Crippen molar-refractivity contribution in [1.82, 2.24) is 10.2 Å². The van der Waals surface area contributed by atoms with Crippen LogP contribution in [0.4, 0.5) is 0 Å². The summed E-state index contributed by atoms with van der Waals surface area (Å²) in [5, 5.41) is 3.68. The molecular weight excluding hydrogens is 412 g/mol. The van der Waals surface area contributed by atoms with E-state index in [4.69, 9.17) is 16.3 Å². The highest BCUT2D eigenvalue weighted by Gasteiger charge is 2.29. The van der Waals surface area contributed by atoms with Crippen LogP contribution >= 0.6 is 11.6 Å². The molecule has 0 unspecified atom stereocenters. The molecule has 31 heavy (non-hydrogen) atoms. The topological polar surface area (TPSA) is 58.6 Å². The molecule has 2 atom stereocenters. The number of nitrogens with zero attached hydrogens (tertiary/aromatic N) is 1. The number of aryl methyl sites for hydroxylation is 1. The zero-order valence-corrected chi connectivity index (χ0v) is 19.6. The first-order valence-electron chi connectivity index (χ1n) is 10.9. The van der Waals surface area contributed by atoms with E-state index in [1.165, 1.54) is 0 Å². The lowest BCUT2D eigenvalue weighted by atomic mass is 10.1. The van der Waals surface area contributed by atoms with Gasteiger partial charge >= 0.3 is 0 Å². The Labute approximate surface area is 190 Å². The first kappa shape index (κ1) is 24.7. The van der Waals surface area contributed by atoms with Gasteiger partial charge in [-0.25, -0.2) is 0 Å². The number of carbonyl (C=O) groups excluding carboxylic acids is 2. The van der Waals surface area contributed by atoms with Gasteiger partial charge in [-0.2, -0.15) is 0 Å². The molecule has 0 spiro atoms. The van der Waals surface area contributed by atoms with Crippen molar-refractivity contribution in [2.24, 2.45) is 0 Å². The first-order valence-corrected chi connectivity index (χ1v) is 11.2. The van der Waals surface area contributed by atoms with Crippen LogP contribution in [0, 0.1) is 0 Å². The number of carbonyl (C=O) groups is 2. The summed E-state index contributed by atoms with van der Waals surface area (Å²) in [6, 6.07) is 14.6. The molecule has 0 fully saturated rings. The first-order chi connectivity index (χ1) is 14.9. The van der Waals surface area contributed by atoms with Crippen LogP contribution in [0.5, 0.6) is 5.75 Å². The van der Waals surface area contributed by atoms with Gasteiger partial charge in [0.2, 0.25) is 11.8 Å². The summed E-state index contributed by atoms with van der Waals surface area (Å²) >= 11 is 6.26. The minimum absolute atomic E-state index is 0.0580. The van der Waals surface area contributed by atoms with Crippen LogP contribution in [0.3, 0.4) is 0 Å². The van der Waals surface area contributed by atoms with Gasteiger partial charge in [0.25, 0.3) is 0 Å². The molecule has 0 radical (unpaired) electrons. The van der Waals surface area contributed by atoms with Gasteiger partial charge in [0.05, 0.1) is 7.11 Å². The molecule has 2 aromatic rings. The predicted octanol–water partition coefficient (Wildman–Crippen LogP) is 5.00. The van der Waals surface area contributed by atoms with Crippen LogP contribution in [-0.2, 0) is 22.6 Å². The highest BCUT2D eigenvalue weighted by Crippen LogP contribution is 2.20. The van der Waals surface area contributed by atoms with Gasteiger partial charge in [-0.1, -0.05) is 55.8 Å². The molecule has 0 aromatic heterocycles. The Morgan fingerprint density at radius 1 is 1.06 bits per heavy atom. The van der Waals surface area contributed by atoms with Crippen LogP contribution in [0.1, 0.15) is 51.2 Å². The molecule has 0 aliphatic rings. The molecule has 1 N–H and O–H groups in total. The molecule has 0 saturated carbocycles. The number of methoxy groups -OCH3 is 1. The fourth-order valence-corrected chi connectivity index (χ4v) is 3.60. The Morgan fingerprint density at radius 3 is 2.32 bits per heavy atom. The number of ether oxygens (including phenoxy) is 1. The van der Waals surface area contributed by atoms with Crippen molar-refractivity contribution in [3.05, 3.63) is 64.7 Å². The lowest BCUT2D eigenvalue weighted by Gasteiger charge is -2.31. The Kier molecular flexibility index (Phi) is 9.86. The minimum atomic E-state index is -0.533. The Bertz CT molecular complexity index is 854. The maximum absolute atomic E-state index is 13.3. The lowest BCUT2D eigenvalue weighted by Crippen LogP contribution is -2.50. The number of benzene rings is 2. The van der Waals surface area contributed by atoms with E-state index in [2.05, 4.69) is 5.32 Å². The Hall–Kier alpha value is -2.53. The summed E-state index contributed by atoms with van der Waals surface area (Å²) in [6.45, 7) is 6.29. The van der Waals surface area contributed by atoms with Crippen LogP contribution < -0.4 is 10.1 Å². The Balaban J connectivity index is 2.22. The summed E-state index contributed by atoms with van der Waals surface area (Å²) < 4.78 is 5.23. The second-order valence-electron chi connectivity index (χ2n) is 7.70. The fourth-order valence-electron chi connectivity index (χ4n) is 3.37. The van der Waals surface area contributed by atoms with Crippen LogP contribution in [0.15, 0.2) is 48.5 Å². The van der Waals surface area contributed by atoms with E-state index in [0.29, 0.717) is 24.4 Å². The number of nitrogens with one attached hydrogen (secondary N) is 1. The van der Waals surface area contributed by atoms with Crippen LogP contribution in [-0.4, -0.2) is 35.9 Å². The molecule has 0 heterocycles. The van der Waals surface area contributed by atoms with Crippen molar-refractivity contribution in [2.75, 3.05) is 7.11 Å². The summed E-state index contributed by atoms with van der Waals surface area (Å²) in [7, 11) is 1.62. The van der Waals surface area contributed by atoms with E-state index in [9.17, 15) is 9.59 Å². The molecule has 6 heteroatoms. The molecular formula is C25H33ClN2O3. The third kappa shape index (κ3) is 7.28. The second-order valence-corrected chi connectivity index (χ2v) is 8.11. The standard InChI is InChI=1S/C25H33ClN2O3/c1-5-18(3)27-25(30)23(6-2)28(17-19-11-14-21(31-4)15-12-19)24(29)16-13-20-9-7-8-10-22(20)26/h7-12,14-15,18,23H,5-6,13,16-17H2,1-4H3,(H,27,30)/t18-,23-/m1/s1. The van der Waals surface area contributed by atoms with Gasteiger partial charge in [0.15, 0.2) is 0 Å². The summed E-state index contributed by atoms with van der Waals surface area (Å²) in [4.78, 5) is 27.9. The zero-order valence-electron chi connectivity index (χ0n) is 18.9. The summed E-state index contributed by atoms with van der Waals surface area (Å²) in [5.74, 6) is 0.570. The highest BCUT2D eigenvalue weighted by atomic mass is 35.5. The Morgan fingerprint density at radius 2 is 1.74 bits per heavy atom. The van der Waals surface area contributed by atoms with E-state index < -0.39 is 6.04 Å². The predicted molar refractivity (Wildman–Crippen MR) is 125 cm³/mol. The molecule has 0 aliphatic carbocycles. The number of amides is 2. The lowest BCUT2D eigenvalue weighted by molar-refractivity contribution is -0.141. The van der Waals surface area contributed by atoms with Gasteiger partial charge in [0, 0.05) is 24.0 Å². The zero-order chi connectivity index (χ0) is 22.8. The fraction of sp³-hybridized carbons (Fsp3) is 0.440. The third-order valence-corrected chi connectivity index (χ3v) is 5.83.